The number of nitro groups is 1. The molecule has 0 aromatic heterocycles. The second-order valence-electron chi connectivity index (χ2n) is 4.38. The van der Waals surface area contributed by atoms with Crippen molar-refractivity contribution >= 4 is 39.5 Å². The number of piperidine rings is 1. The van der Waals surface area contributed by atoms with Crippen molar-refractivity contribution in [1.29, 1.82) is 0 Å². The molecule has 6 nitrogen and oxygen atoms in total. The topological polar surface area (TPSA) is 89.3 Å². The Morgan fingerprint density at radius 2 is 2.10 bits per heavy atom. The van der Waals surface area contributed by atoms with Crippen LogP contribution < -0.4 is 5.32 Å². The van der Waals surface area contributed by atoms with Gasteiger partial charge in [0.15, 0.2) is 9.84 Å². The van der Waals surface area contributed by atoms with E-state index in [9.17, 15) is 18.5 Å². The lowest BCUT2D eigenvalue weighted by Crippen LogP contribution is -2.38. The number of hydrogen-bond donors (Lipinski definition) is 1. The molecule has 1 N–H and O–H groups in total. The van der Waals surface area contributed by atoms with E-state index < -0.39 is 25.7 Å². The summed E-state index contributed by atoms with van der Waals surface area (Å²) in [4.78, 5) is 9.96. The lowest BCUT2D eigenvalue weighted by Gasteiger charge is -2.22. The van der Waals surface area contributed by atoms with Crippen molar-refractivity contribution in [3.63, 3.8) is 0 Å². The van der Waals surface area contributed by atoms with E-state index in [4.69, 9.17) is 11.6 Å². The number of rotatable bonds is 3. The zero-order valence-corrected chi connectivity index (χ0v) is 12.8. The molecule has 0 radical (unpaired) electrons. The predicted octanol–water partition coefficient (Wildman–Crippen LogP) is 2.20. The van der Waals surface area contributed by atoms with Gasteiger partial charge in [0.05, 0.1) is 10.2 Å². The van der Waals surface area contributed by atoms with Crippen molar-refractivity contribution in [2.45, 2.75) is 23.0 Å². The van der Waals surface area contributed by atoms with Crippen LogP contribution >= 0.6 is 24.0 Å². The van der Waals surface area contributed by atoms with Gasteiger partial charge in [0.25, 0.3) is 5.69 Å². The summed E-state index contributed by atoms with van der Waals surface area (Å²) in [5.41, 5.74) is -0.421. The number of nitrogens with zero attached hydrogens (tertiary/aromatic N) is 1. The van der Waals surface area contributed by atoms with Crippen LogP contribution in [0.2, 0.25) is 5.02 Å². The van der Waals surface area contributed by atoms with Crippen LogP contribution in [-0.2, 0) is 9.84 Å². The van der Waals surface area contributed by atoms with E-state index in [1.807, 2.05) is 0 Å². The van der Waals surface area contributed by atoms with Crippen LogP contribution in [0.4, 0.5) is 5.69 Å². The second-order valence-corrected chi connectivity index (χ2v) is 7.02. The Balaban J connectivity index is 0.00000200. The first-order valence-electron chi connectivity index (χ1n) is 5.81. The number of hydrogen-bond acceptors (Lipinski definition) is 5. The van der Waals surface area contributed by atoms with E-state index in [0.717, 1.165) is 25.1 Å². The summed E-state index contributed by atoms with van der Waals surface area (Å²) in [5.74, 6) is 0. The molecule has 1 heterocycles. The summed E-state index contributed by atoms with van der Waals surface area (Å²) in [5, 5.41) is 13.5. The van der Waals surface area contributed by atoms with Crippen LogP contribution in [-0.4, -0.2) is 31.7 Å². The molecule has 0 bridgehead atoms. The van der Waals surface area contributed by atoms with Crippen LogP contribution in [0.15, 0.2) is 23.1 Å². The first-order valence-corrected chi connectivity index (χ1v) is 7.74. The van der Waals surface area contributed by atoms with Gasteiger partial charge in [-0.25, -0.2) is 8.42 Å². The molecule has 1 unspecified atom stereocenters. The molecule has 1 aromatic rings. The molecule has 2 rings (SSSR count). The van der Waals surface area contributed by atoms with Gasteiger partial charge in [-0.05, 0) is 31.5 Å². The van der Waals surface area contributed by atoms with E-state index in [-0.39, 0.29) is 22.3 Å². The Hall–Kier alpha value is -0.890. The molecule has 1 atom stereocenters. The van der Waals surface area contributed by atoms with Crippen LogP contribution in [0.1, 0.15) is 12.8 Å². The highest BCUT2D eigenvalue weighted by Crippen LogP contribution is 2.31. The minimum Gasteiger partial charge on any atom is -0.315 e. The average molecular weight is 341 g/mol. The van der Waals surface area contributed by atoms with Crippen LogP contribution in [0, 0.1) is 10.1 Å². The second kappa shape index (κ2) is 6.71. The van der Waals surface area contributed by atoms with E-state index >= 15 is 0 Å². The Kier molecular flexibility index (Phi) is 5.76. The maximum absolute atomic E-state index is 12.5. The molecule has 0 spiro atoms. The van der Waals surface area contributed by atoms with Crippen molar-refractivity contribution in [1.82, 2.24) is 5.32 Å². The van der Waals surface area contributed by atoms with Gasteiger partial charge in [0.2, 0.25) is 0 Å². The summed E-state index contributed by atoms with van der Waals surface area (Å²) in [6.07, 6.45) is 1.23. The third-order valence-corrected chi connectivity index (χ3v) is 5.57. The third-order valence-electron chi connectivity index (χ3n) is 3.12. The van der Waals surface area contributed by atoms with Gasteiger partial charge >= 0.3 is 0 Å². The van der Waals surface area contributed by atoms with Crippen molar-refractivity contribution in [2.75, 3.05) is 13.1 Å². The largest absolute Gasteiger partial charge is 0.315 e. The predicted molar refractivity (Wildman–Crippen MR) is 78.4 cm³/mol. The van der Waals surface area contributed by atoms with Gasteiger partial charge in [-0.15, -0.1) is 12.4 Å². The Morgan fingerprint density at radius 1 is 1.40 bits per heavy atom. The van der Waals surface area contributed by atoms with Gasteiger partial charge in [-0.3, -0.25) is 10.1 Å². The normalized spacial score (nSPS) is 19.1. The van der Waals surface area contributed by atoms with Crippen molar-refractivity contribution in [3.8, 4) is 0 Å². The Labute approximate surface area is 128 Å². The number of halogens is 2. The molecule has 1 aliphatic heterocycles. The number of benzene rings is 1. The Bertz CT molecular complexity index is 600. The molecule has 1 saturated heterocycles. The molecule has 20 heavy (non-hydrogen) atoms. The van der Waals surface area contributed by atoms with Gasteiger partial charge in [-0.2, -0.15) is 0 Å². The molecular weight excluding hydrogens is 327 g/mol. The Morgan fingerprint density at radius 3 is 2.65 bits per heavy atom. The van der Waals surface area contributed by atoms with E-state index in [1.165, 1.54) is 6.07 Å². The number of nitro benzene ring substituents is 1. The van der Waals surface area contributed by atoms with Gasteiger partial charge < -0.3 is 5.32 Å². The summed E-state index contributed by atoms with van der Waals surface area (Å²) in [6, 6.07) is 3.60. The highest BCUT2D eigenvalue weighted by molar-refractivity contribution is 7.92. The lowest BCUT2D eigenvalue weighted by atomic mass is 10.2. The summed E-state index contributed by atoms with van der Waals surface area (Å²) in [7, 11) is -3.75. The smallest absolute Gasteiger partial charge is 0.288 e. The minimum absolute atomic E-state index is 0. The minimum atomic E-state index is -3.75. The molecule has 0 amide bonds. The fourth-order valence-corrected chi connectivity index (χ4v) is 4.27. The molecule has 9 heteroatoms. The molecule has 112 valence electrons. The first kappa shape index (κ1) is 17.2. The fraction of sp³-hybridized carbons (Fsp3) is 0.455. The van der Waals surface area contributed by atoms with Gasteiger partial charge in [0.1, 0.15) is 4.90 Å². The van der Waals surface area contributed by atoms with Crippen molar-refractivity contribution < 1.29 is 13.3 Å². The highest BCUT2D eigenvalue weighted by atomic mass is 35.5. The SMILES string of the molecule is Cl.O=[N+]([O-])c1ccc(Cl)cc1S(=O)(=O)C1CCCNC1. The molecule has 1 aromatic carbocycles. The first-order chi connectivity index (χ1) is 8.93. The molecule has 0 saturated carbocycles. The van der Waals surface area contributed by atoms with Gasteiger partial charge in [-0.1, -0.05) is 11.6 Å². The molecule has 1 aliphatic rings. The van der Waals surface area contributed by atoms with Gasteiger partial charge in [0, 0.05) is 17.6 Å². The van der Waals surface area contributed by atoms with Crippen molar-refractivity contribution in [2.24, 2.45) is 0 Å². The van der Waals surface area contributed by atoms with E-state index in [1.54, 1.807) is 0 Å². The van der Waals surface area contributed by atoms with Crippen LogP contribution in [0.25, 0.3) is 0 Å². The number of nitrogens with one attached hydrogen (secondary N) is 1. The lowest BCUT2D eigenvalue weighted by molar-refractivity contribution is -0.387. The quantitative estimate of drug-likeness (QED) is 0.672. The number of sulfone groups is 1. The summed E-state index contributed by atoms with van der Waals surface area (Å²) in [6.45, 7) is 1.08. The maximum Gasteiger partial charge on any atom is 0.288 e. The van der Waals surface area contributed by atoms with Crippen LogP contribution in [0.3, 0.4) is 0 Å². The summed E-state index contributed by atoms with van der Waals surface area (Å²) < 4.78 is 24.9. The monoisotopic (exact) mass is 340 g/mol. The van der Waals surface area contributed by atoms with Crippen LogP contribution in [0.5, 0.6) is 0 Å². The third kappa shape index (κ3) is 3.41. The zero-order valence-electron chi connectivity index (χ0n) is 10.4. The summed E-state index contributed by atoms with van der Waals surface area (Å²) >= 11 is 5.76. The van der Waals surface area contributed by atoms with E-state index in [2.05, 4.69) is 5.32 Å². The molecular formula is C11H14Cl2N2O4S. The standard InChI is InChI=1S/C11H13ClN2O4S.ClH/c12-8-3-4-10(14(15)16)11(6-8)19(17,18)9-2-1-5-13-7-9;/h3-4,6,9,13H,1-2,5,7H2;1H. The maximum atomic E-state index is 12.5. The molecule has 0 aliphatic carbocycles. The zero-order chi connectivity index (χ0) is 14.0. The van der Waals surface area contributed by atoms with E-state index in [0.29, 0.717) is 13.0 Å². The fourth-order valence-electron chi connectivity index (χ4n) is 2.13. The highest BCUT2D eigenvalue weighted by Gasteiger charge is 2.34. The molecule has 1 fully saturated rings. The average Bonchev–Trinajstić information content (AvgIpc) is 2.39. The van der Waals surface area contributed by atoms with Crippen molar-refractivity contribution in [3.05, 3.63) is 33.3 Å².